The van der Waals surface area contributed by atoms with Gasteiger partial charge in [-0.2, -0.15) is 0 Å². The third-order valence-corrected chi connectivity index (χ3v) is 3.92. The van der Waals surface area contributed by atoms with Gasteiger partial charge in [-0.1, -0.05) is 0 Å². The van der Waals surface area contributed by atoms with Crippen LogP contribution in [0, 0.1) is 0 Å². The standard InChI is InChI=1S/C14H25N5O/c1-3-19-9-6-16-13(19)10-17-12-4-7-18(8-5-12)11-14(20)15-2/h6,9,12,17H,3-5,7-8,10-11H2,1-2H3,(H,15,20). The van der Waals surface area contributed by atoms with Crippen LogP contribution in [0.2, 0.25) is 0 Å². The first kappa shape index (κ1) is 15.0. The van der Waals surface area contributed by atoms with Crippen molar-refractivity contribution >= 4 is 5.91 Å². The van der Waals surface area contributed by atoms with Crippen molar-refractivity contribution in [1.29, 1.82) is 0 Å². The summed E-state index contributed by atoms with van der Waals surface area (Å²) in [5.74, 6) is 1.20. The molecule has 0 radical (unpaired) electrons. The molecule has 112 valence electrons. The SMILES string of the molecule is CCn1ccnc1CNC1CCN(CC(=O)NC)CC1. The number of carbonyl (C=O) groups excluding carboxylic acids is 1. The number of hydrogen-bond acceptors (Lipinski definition) is 4. The second kappa shape index (κ2) is 7.40. The summed E-state index contributed by atoms with van der Waals surface area (Å²) in [6.45, 7) is 6.38. The van der Waals surface area contributed by atoms with Crippen LogP contribution in [0.25, 0.3) is 0 Å². The highest BCUT2D eigenvalue weighted by atomic mass is 16.1. The van der Waals surface area contributed by atoms with E-state index in [9.17, 15) is 4.79 Å². The number of carbonyl (C=O) groups is 1. The van der Waals surface area contributed by atoms with E-state index in [1.807, 2.05) is 12.4 Å². The molecule has 6 nitrogen and oxygen atoms in total. The van der Waals surface area contributed by atoms with Gasteiger partial charge in [0.2, 0.25) is 5.91 Å². The molecule has 2 N–H and O–H groups in total. The highest BCUT2D eigenvalue weighted by Crippen LogP contribution is 2.10. The topological polar surface area (TPSA) is 62.2 Å². The van der Waals surface area contributed by atoms with Crippen LogP contribution >= 0.6 is 0 Å². The lowest BCUT2D eigenvalue weighted by molar-refractivity contribution is -0.122. The predicted octanol–water partition coefficient (Wildman–Crippen LogP) is 0.203. The zero-order valence-electron chi connectivity index (χ0n) is 12.4. The first-order valence-electron chi connectivity index (χ1n) is 7.39. The molecule has 0 spiro atoms. The van der Waals surface area contributed by atoms with Crippen molar-refractivity contribution in [2.75, 3.05) is 26.7 Å². The molecule has 0 atom stereocenters. The van der Waals surface area contributed by atoms with Crippen LogP contribution in [0.3, 0.4) is 0 Å². The Balaban J connectivity index is 1.71. The van der Waals surface area contributed by atoms with E-state index in [0.717, 1.165) is 44.8 Å². The normalized spacial score (nSPS) is 17.3. The monoisotopic (exact) mass is 279 g/mol. The van der Waals surface area contributed by atoms with Crippen LogP contribution in [0.4, 0.5) is 0 Å². The van der Waals surface area contributed by atoms with Gasteiger partial charge in [0.05, 0.1) is 13.1 Å². The highest BCUT2D eigenvalue weighted by Gasteiger charge is 2.20. The second-order valence-electron chi connectivity index (χ2n) is 5.23. The average Bonchev–Trinajstić information content (AvgIpc) is 2.94. The van der Waals surface area contributed by atoms with Gasteiger partial charge in [0.1, 0.15) is 5.82 Å². The van der Waals surface area contributed by atoms with Gasteiger partial charge < -0.3 is 15.2 Å². The summed E-state index contributed by atoms with van der Waals surface area (Å²) in [7, 11) is 1.69. The molecule has 2 rings (SSSR count). The molecule has 20 heavy (non-hydrogen) atoms. The molecule has 0 aliphatic carbocycles. The van der Waals surface area contributed by atoms with Crippen molar-refractivity contribution in [3.05, 3.63) is 18.2 Å². The van der Waals surface area contributed by atoms with Gasteiger partial charge in [-0.3, -0.25) is 9.69 Å². The van der Waals surface area contributed by atoms with E-state index >= 15 is 0 Å². The number of amides is 1. The van der Waals surface area contributed by atoms with Crippen molar-refractivity contribution in [3.8, 4) is 0 Å². The van der Waals surface area contributed by atoms with E-state index in [4.69, 9.17) is 0 Å². The van der Waals surface area contributed by atoms with Crippen LogP contribution in [-0.4, -0.2) is 53.1 Å². The molecule has 1 aromatic heterocycles. The number of imidazole rings is 1. The number of rotatable bonds is 6. The minimum absolute atomic E-state index is 0.0985. The third-order valence-electron chi connectivity index (χ3n) is 3.92. The number of piperidine rings is 1. The second-order valence-corrected chi connectivity index (χ2v) is 5.23. The first-order valence-corrected chi connectivity index (χ1v) is 7.39. The Morgan fingerprint density at radius 1 is 1.45 bits per heavy atom. The fourth-order valence-electron chi connectivity index (χ4n) is 2.61. The lowest BCUT2D eigenvalue weighted by Crippen LogP contribution is -2.45. The molecule has 2 heterocycles. The van der Waals surface area contributed by atoms with Crippen molar-refractivity contribution in [1.82, 2.24) is 25.1 Å². The molecule has 1 aliphatic rings. The van der Waals surface area contributed by atoms with E-state index in [1.165, 1.54) is 0 Å². The Hall–Kier alpha value is -1.40. The molecular weight excluding hydrogens is 254 g/mol. The smallest absolute Gasteiger partial charge is 0.233 e. The van der Waals surface area contributed by atoms with Crippen molar-refractivity contribution in [2.24, 2.45) is 0 Å². The third kappa shape index (κ3) is 4.05. The number of aromatic nitrogens is 2. The quantitative estimate of drug-likeness (QED) is 0.781. The Morgan fingerprint density at radius 2 is 2.20 bits per heavy atom. The van der Waals surface area contributed by atoms with Gasteiger partial charge in [0.15, 0.2) is 0 Å². The number of aryl methyl sites for hydroxylation is 1. The predicted molar refractivity (Wildman–Crippen MR) is 78.3 cm³/mol. The van der Waals surface area contributed by atoms with Crippen LogP contribution in [-0.2, 0) is 17.9 Å². The fraction of sp³-hybridized carbons (Fsp3) is 0.714. The zero-order chi connectivity index (χ0) is 14.4. The molecule has 0 unspecified atom stereocenters. The molecule has 1 saturated heterocycles. The van der Waals surface area contributed by atoms with Crippen LogP contribution < -0.4 is 10.6 Å². The summed E-state index contributed by atoms with van der Waals surface area (Å²) in [6, 6.07) is 0.526. The minimum Gasteiger partial charge on any atom is -0.358 e. The van der Waals surface area contributed by atoms with Gasteiger partial charge in [-0.25, -0.2) is 4.98 Å². The summed E-state index contributed by atoms with van der Waals surface area (Å²) in [5.41, 5.74) is 0. The number of likely N-dealkylation sites (N-methyl/N-ethyl adjacent to an activating group) is 1. The Bertz CT molecular complexity index is 423. The van der Waals surface area contributed by atoms with E-state index in [-0.39, 0.29) is 5.91 Å². The van der Waals surface area contributed by atoms with Crippen molar-refractivity contribution in [2.45, 2.75) is 38.9 Å². The van der Waals surface area contributed by atoms with E-state index in [0.29, 0.717) is 12.6 Å². The molecule has 0 aromatic carbocycles. The zero-order valence-corrected chi connectivity index (χ0v) is 12.4. The molecule has 1 fully saturated rings. The van der Waals surface area contributed by atoms with Gasteiger partial charge in [0.25, 0.3) is 0 Å². The van der Waals surface area contributed by atoms with Crippen molar-refractivity contribution < 1.29 is 4.79 Å². The van der Waals surface area contributed by atoms with Gasteiger partial charge in [0, 0.05) is 45.1 Å². The van der Waals surface area contributed by atoms with E-state index in [1.54, 1.807) is 7.05 Å². The Morgan fingerprint density at radius 3 is 2.85 bits per heavy atom. The summed E-state index contributed by atoms with van der Waals surface area (Å²) in [4.78, 5) is 17.9. The van der Waals surface area contributed by atoms with Crippen LogP contribution in [0.5, 0.6) is 0 Å². The summed E-state index contributed by atoms with van der Waals surface area (Å²) in [5, 5.41) is 6.25. The Labute approximate surface area is 120 Å². The van der Waals surface area contributed by atoms with Crippen molar-refractivity contribution in [3.63, 3.8) is 0 Å². The number of hydrogen-bond donors (Lipinski definition) is 2. The van der Waals surface area contributed by atoms with Gasteiger partial charge in [-0.05, 0) is 19.8 Å². The average molecular weight is 279 g/mol. The Kier molecular flexibility index (Phi) is 5.55. The van der Waals surface area contributed by atoms with E-state index in [2.05, 4.69) is 32.0 Å². The number of nitrogens with one attached hydrogen (secondary N) is 2. The molecule has 1 amide bonds. The number of nitrogens with zero attached hydrogens (tertiary/aromatic N) is 3. The maximum atomic E-state index is 11.3. The molecule has 1 aromatic rings. The summed E-state index contributed by atoms with van der Waals surface area (Å²) >= 11 is 0. The molecule has 0 bridgehead atoms. The lowest BCUT2D eigenvalue weighted by Gasteiger charge is -2.31. The summed E-state index contributed by atoms with van der Waals surface area (Å²) < 4.78 is 2.16. The minimum atomic E-state index is 0.0985. The summed E-state index contributed by atoms with van der Waals surface area (Å²) in [6.07, 6.45) is 6.04. The van der Waals surface area contributed by atoms with E-state index < -0.39 is 0 Å². The highest BCUT2D eigenvalue weighted by molar-refractivity contribution is 5.77. The van der Waals surface area contributed by atoms with Gasteiger partial charge in [-0.15, -0.1) is 0 Å². The maximum absolute atomic E-state index is 11.3. The molecule has 0 saturated carbocycles. The molecule has 6 heteroatoms. The number of likely N-dealkylation sites (tertiary alicyclic amines) is 1. The largest absolute Gasteiger partial charge is 0.358 e. The van der Waals surface area contributed by atoms with Crippen LogP contribution in [0.1, 0.15) is 25.6 Å². The molecular formula is C14H25N5O. The first-order chi connectivity index (χ1) is 9.72. The molecule has 1 aliphatic heterocycles. The lowest BCUT2D eigenvalue weighted by atomic mass is 10.1. The maximum Gasteiger partial charge on any atom is 0.233 e. The fourth-order valence-corrected chi connectivity index (χ4v) is 2.61. The van der Waals surface area contributed by atoms with Gasteiger partial charge >= 0.3 is 0 Å². The van der Waals surface area contributed by atoms with Crippen LogP contribution in [0.15, 0.2) is 12.4 Å².